The van der Waals surface area contributed by atoms with Crippen LogP contribution in [0.2, 0.25) is 0 Å². The van der Waals surface area contributed by atoms with E-state index >= 15 is 0 Å². The van der Waals surface area contributed by atoms with E-state index < -0.39 is 0 Å². The summed E-state index contributed by atoms with van der Waals surface area (Å²) < 4.78 is 15.1. The summed E-state index contributed by atoms with van der Waals surface area (Å²) in [6.07, 6.45) is 0. The molecule has 1 N–H and O–H groups in total. The van der Waals surface area contributed by atoms with Gasteiger partial charge in [0.15, 0.2) is 11.5 Å². The summed E-state index contributed by atoms with van der Waals surface area (Å²) in [7, 11) is 0. The average molecular weight is 246 g/mol. The lowest BCUT2D eigenvalue weighted by Gasteiger charge is -1.99. The summed E-state index contributed by atoms with van der Waals surface area (Å²) in [6, 6.07) is 9.58. The van der Waals surface area contributed by atoms with E-state index in [2.05, 4.69) is 15.3 Å². The van der Waals surface area contributed by atoms with Crippen LogP contribution in [0.4, 0.5) is 4.39 Å². The van der Waals surface area contributed by atoms with Gasteiger partial charge in [-0.15, -0.1) is 10.2 Å². The SMILES string of the molecule is Fc1ccc(-c2nnc3ccc(=S)[nH]n23)cc1. The molecule has 0 aliphatic rings. The number of halogens is 1. The molecule has 6 heteroatoms. The highest BCUT2D eigenvalue weighted by atomic mass is 32.1. The Morgan fingerprint density at radius 1 is 1.06 bits per heavy atom. The number of hydrogen-bond acceptors (Lipinski definition) is 3. The molecule has 0 aliphatic heterocycles. The number of benzene rings is 1. The summed E-state index contributed by atoms with van der Waals surface area (Å²) in [6.45, 7) is 0. The molecule has 0 saturated carbocycles. The predicted octanol–water partition coefficient (Wildman–Crippen LogP) is 2.59. The molecule has 0 atom stereocenters. The quantitative estimate of drug-likeness (QED) is 0.671. The highest BCUT2D eigenvalue weighted by Crippen LogP contribution is 2.17. The van der Waals surface area contributed by atoms with Crippen LogP contribution >= 0.6 is 12.2 Å². The van der Waals surface area contributed by atoms with Gasteiger partial charge in [-0.1, -0.05) is 12.2 Å². The van der Waals surface area contributed by atoms with Crippen molar-refractivity contribution >= 4 is 17.9 Å². The zero-order valence-electron chi connectivity index (χ0n) is 8.59. The molecule has 0 radical (unpaired) electrons. The Bertz CT molecular complexity index is 729. The Labute approximate surface area is 101 Å². The number of aromatic nitrogens is 4. The van der Waals surface area contributed by atoms with Crippen LogP contribution in [-0.4, -0.2) is 19.8 Å². The maximum Gasteiger partial charge on any atom is 0.183 e. The number of fused-ring (bicyclic) bond motifs is 1. The lowest BCUT2D eigenvalue weighted by Crippen LogP contribution is -1.94. The molecule has 2 heterocycles. The summed E-state index contributed by atoms with van der Waals surface area (Å²) in [5, 5.41) is 11.0. The van der Waals surface area contributed by atoms with Crippen molar-refractivity contribution in [3.63, 3.8) is 0 Å². The molecule has 1 aromatic carbocycles. The molecule has 0 aliphatic carbocycles. The van der Waals surface area contributed by atoms with E-state index in [9.17, 15) is 4.39 Å². The van der Waals surface area contributed by atoms with Crippen molar-refractivity contribution in [3.8, 4) is 11.4 Å². The largest absolute Gasteiger partial charge is 0.280 e. The minimum atomic E-state index is -0.282. The third kappa shape index (κ3) is 1.72. The van der Waals surface area contributed by atoms with Gasteiger partial charge < -0.3 is 0 Å². The van der Waals surface area contributed by atoms with Crippen LogP contribution in [-0.2, 0) is 0 Å². The molecule has 0 unspecified atom stereocenters. The monoisotopic (exact) mass is 246 g/mol. The van der Waals surface area contributed by atoms with Gasteiger partial charge in [0.2, 0.25) is 0 Å². The fourth-order valence-electron chi connectivity index (χ4n) is 1.60. The van der Waals surface area contributed by atoms with Gasteiger partial charge in [-0.05, 0) is 36.4 Å². The van der Waals surface area contributed by atoms with E-state index in [4.69, 9.17) is 12.2 Å². The van der Waals surface area contributed by atoms with Crippen molar-refractivity contribution in [2.24, 2.45) is 0 Å². The lowest BCUT2D eigenvalue weighted by molar-refractivity contribution is 0.628. The minimum Gasteiger partial charge on any atom is -0.280 e. The maximum absolute atomic E-state index is 12.8. The molecule has 17 heavy (non-hydrogen) atoms. The van der Waals surface area contributed by atoms with E-state index in [1.165, 1.54) is 12.1 Å². The van der Waals surface area contributed by atoms with Crippen LogP contribution in [0, 0.1) is 10.5 Å². The topological polar surface area (TPSA) is 46.0 Å². The van der Waals surface area contributed by atoms with Gasteiger partial charge in [-0.3, -0.25) is 5.10 Å². The molecule has 0 spiro atoms. The first-order valence-corrected chi connectivity index (χ1v) is 5.35. The Kier molecular flexibility index (Phi) is 2.22. The van der Waals surface area contributed by atoms with Crippen LogP contribution in [0.3, 0.4) is 0 Å². The third-order valence-corrected chi connectivity index (χ3v) is 2.62. The first-order valence-electron chi connectivity index (χ1n) is 4.94. The number of H-pyrrole nitrogens is 1. The van der Waals surface area contributed by atoms with Crippen LogP contribution in [0.25, 0.3) is 17.0 Å². The number of hydrogen-bond donors (Lipinski definition) is 1. The zero-order valence-corrected chi connectivity index (χ0v) is 9.41. The van der Waals surface area contributed by atoms with E-state index in [1.807, 2.05) is 0 Å². The van der Waals surface area contributed by atoms with Crippen molar-refractivity contribution in [1.82, 2.24) is 19.8 Å². The van der Waals surface area contributed by atoms with Gasteiger partial charge in [0.05, 0.1) is 0 Å². The summed E-state index contributed by atoms with van der Waals surface area (Å²) in [5.41, 5.74) is 1.44. The summed E-state index contributed by atoms with van der Waals surface area (Å²) in [4.78, 5) is 0. The minimum absolute atomic E-state index is 0.282. The second-order valence-electron chi connectivity index (χ2n) is 3.53. The zero-order chi connectivity index (χ0) is 11.8. The fourth-order valence-corrected chi connectivity index (χ4v) is 1.76. The summed E-state index contributed by atoms with van der Waals surface area (Å²) in [5.74, 6) is 0.321. The highest BCUT2D eigenvalue weighted by molar-refractivity contribution is 7.71. The average Bonchev–Trinajstić information content (AvgIpc) is 2.73. The van der Waals surface area contributed by atoms with Crippen molar-refractivity contribution in [3.05, 3.63) is 46.9 Å². The maximum atomic E-state index is 12.8. The van der Waals surface area contributed by atoms with Crippen LogP contribution in [0.15, 0.2) is 36.4 Å². The van der Waals surface area contributed by atoms with Gasteiger partial charge in [-0.2, -0.15) is 0 Å². The number of rotatable bonds is 1. The lowest BCUT2D eigenvalue weighted by atomic mass is 10.2. The number of nitrogens with zero attached hydrogens (tertiary/aromatic N) is 3. The third-order valence-electron chi connectivity index (χ3n) is 2.40. The van der Waals surface area contributed by atoms with Crippen molar-refractivity contribution in [2.45, 2.75) is 0 Å². The van der Waals surface area contributed by atoms with Crippen LogP contribution < -0.4 is 0 Å². The fraction of sp³-hybridized carbons (Fsp3) is 0. The Morgan fingerprint density at radius 3 is 2.59 bits per heavy atom. The molecule has 3 aromatic rings. The second kappa shape index (κ2) is 3.74. The molecule has 4 nitrogen and oxygen atoms in total. The number of nitrogens with one attached hydrogen (secondary N) is 1. The Balaban J connectivity index is 2.27. The normalized spacial score (nSPS) is 10.9. The van der Waals surface area contributed by atoms with E-state index in [0.717, 1.165) is 5.56 Å². The van der Waals surface area contributed by atoms with E-state index in [0.29, 0.717) is 16.1 Å². The Morgan fingerprint density at radius 2 is 1.82 bits per heavy atom. The first kappa shape index (κ1) is 10.1. The highest BCUT2D eigenvalue weighted by Gasteiger charge is 2.07. The molecule has 84 valence electrons. The van der Waals surface area contributed by atoms with Gasteiger partial charge in [0.25, 0.3) is 0 Å². The molecule has 2 aromatic heterocycles. The second-order valence-corrected chi connectivity index (χ2v) is 3.97. The molecule has 3 rings (SSSR count). The van der Waals surface area contributed by atoms with E-state index in [1.54, 1.807) is 28.8 Å². The summed E-state index contributed by atoms with van der Waals surface area (Å²) >= 11 is 5.04. The predicted molar refractivity (Wildman–Crippen MR) is 63.6 cm³/mol. The molecule has 0 amide bonds. The van der Waals surface area contributed by atoms with Gasteiger partial charge in [0.1, 0.15) is 10.5 Å². The standard InChI is InChI=1S/C11H7FN4S/c12-8-3-1-7(2-4-8)11-14-13-9-5-6-10(17)15-16(9)11/h1-6H,(H,15,17). The van der Waals surface area contributed by atoms with Crippen molar-refractivity contribution < 1.29 is 4.39 Å². The molecular weight excluding hydrogens is 239 g/mol. The van der Waals surface area contributed by atoms with Crippen LogP contribution in [0.1, 0.15) is 0 Å². The van der Waals surface area contributed by atoms with Gasteiger partial charge >= 0.3 is 0 Å². The molecular formula is C11H7FN4S. The first-order chi connectivity index (χ1) is 8.24. The van der Waals surface area contributed by atoms with Crippen molar-refractivity contribution in [1.29, 1.82) is 0 Å². The Hall–Kier alpha value is -2.08. The van der Waals surface area contributed by atoms with Gasteiger partial charge in [-0.25, -0.2) is 8.91 Å². The molecule has 0 fully saturated rings. The van der Waals surface area contributed by atoms with Crippen LogP contribution in [0.5, 0.6) is 0 Å². The van der Waals surface area contributed by atoms with Gasteiger partial charge in [0, 0.05) is 5.56 Å². The smallest absolute Gasteiger partial charge is 0.183 e. The van der Waals surface area contributed by atoms with E-state index in [-0.39, 0.29) is 5.82 Å². The number of aromatic amines is 1. The molecule has 0 saturated heterocycles. The van der Waals surface area contributed by atoms with Crippen molar-refractivity contribution in [2.75, 3.05) is 0 Å². The molecule has 0 bridgehead atoms.